The van der Waals surface area contributed by atoms with Gasteiger partial charge >= 0.3 is 6.03 Å². The van der Waals surface area contributed by atoms with Gasteiger partial charge in [0.2, 0.25) is 5.88 Å². The second-order valence-electron chi connectivity index (χ2n) is 5.27. The highest BCUT2D eigenvalue weighted by Gasteiger charge is 2.20. The van der Waals surface area contributed by atoms with Gasteiger partial charge in [0, 0.05) is 24.8 Å². The highest BCUT2D eigenvalue weighted by molar-refractivity contribution is 5.74. The number of nitrogens with zero attached hydrogens (tertiary/aromatic N) is 1. The average Bonchev–Trinajstić information content (AvgIpc) is 2.48. The number of ether oxygens (including phenoxy) is 1. The summed E-state index contributed by atoms with van der Waals surface area (Å²) in [4.78, 5) is 15.9. The van der Waals surface area contributed by atoms with Gasteiger partial charge in [-0.05, 0) is 44.2 Å². The number of hydrogen-bond acceptors (Lipinski definition) is 4. The van der Waals surface area contributed by atoms with Crippen LogP contribution in [0.1, 0.15) is 38.2 Å². The molecule has 3 N–H and O–H groups in total. The van der Waals surface area contributed by atoms with E-state index in [0.29, 0.717) is 19.0 Å². The molecule has 0 saturated heterocycles. The summed E-state index contributed by atoms with van der Waals surface area (Å²) in [7, 11) is 0. The predicted octanol–water partition coefficient (Wildman–Crippen LogP) is 1.58. The number of rotatable bonds is 5. The average molecular weight is 293 g/mol. The summed E-state index contributed by atoms with van der Waals surface area (Å²) < 4.78 is 5.32. The smallest absolute Gasteiger partial charge is 0.315 e. The predicted molar refractivity (Wildman–Crippen MR) is 79.0 cm³/mol. The lowest BCUT2D eigenvalue weighted by atomic mass is 9.93. The summed E-state index contributed by atoms with van der Waals surface area (Å²) in [5.74, 6) is 0.568. The first kappa shape index (κ1) is 15.6. The van der Waals surface area contributed by atoms with Crippen molar-refractivity contribution in [2.75, 3.05) is 6.61 Å². The zero-order valence-electron chi connectivity index (χ0n) is 12.3. The summed E-state index contributed by atoms with van der Waals surface area (Å²) in [5, 5.41) is 15.2. The minimum absolute atomic E-state index is 0.157. The molecular weight excluding hydrogens is 270 g/mol. The topological polar surface area (TPSA) is 83.5 Å². The number of hydrogen-bond donors (Lipinski definition) is 3. The number of aromatic nitrogens is 1. The van der Waals surface area contributed by atoms with Gasteiger partial charge in [-0.25, -0.2) is 9.78 Å². The molecule has 1 aromatic heterocycles. The van der Waals surface area contributed by atoms with Crippen molar-refractivity contribution in [2.45, 2.75) is 51.3 Å². The van der Waals surface area contributed by atoms with Crippen LogP contribution < -0.4 is 15.4 Å². The van der Waals surface area contributed by atoms with E-state index in [9.17, 15) is 9.90 Å². The maximum Gasteiger partial charge on any atom is 0.315 e. The highest BCUT2D eigenvalue weighted by atomic mass is 16.5. The molecule has 1 saturated carbocycles. The van der Waals surface area contributed by atoms with Crippen LogP contribution in [0, 0.1) is 0 Å². The molecule has 1 heterocycles. The Morgan fingerprint density at radius 3 is 2.90 bits per heavy atom. The molecule has 1 aliphatic rings. The van der Waals surface area contributed by atoms with Crippen LogP contribution in [0.5, 0.6) is 5.88 Å². The van der Waals surface area contributed by atoms with Crippen molar-refractivity contribution in [3.8, 4) is 5.88 Å². The fraction of sp³-hybridized carbons (Fsp3) is 0.600. The van der Waals surface area contributed by atoms with E-state index < -0.39 is 0 Å². The number of carbonyl (C=O) groups is 1. The first-order valence-corrected chi connectivity index (χ1v) is 7.47. The number of amides is 2. The van der Waals surface area contributed by atoms with Crippen molar-refractivity contribution in [1.82, 2.24) is 15.6 Å². The molecule has 21 heavy (non-hydrogen) atoms. The number of nitrogens with one attached hydrogen (secondary N) is 2. The van der Waals surface area contributed by atoms with Crippen LogP contribution in [0.15, 0.2) is 18.3 Å². The Bertz CT molecular complexity index is 459. The first-order chi connectivity index (χ1) is 10.2. The van der Waals surface area contributed by atoms with E-state index in [0.717, 1.165) is 31.2 Å². The Morgan fingerprint density at radius 1 is 1.43 bits per heavy atom. The van der Waals surface area contributed by atoms with Gasteiger partial charge in [-0.1, -0.05) is 0 Å². The van der Waals surface area contributed by atoms with Crippen molar-refractivity contribution in [3.63, 3.8) is 0 Å². The van der Waals surface area contributed by atoms with E-state index in [1.54, 1.807) is 6.20 Å². The maximum atomic E-state index is 11.8. The van der Waals surface area contributed by atoms with E-state index in [2.05, 4.69) is 15.6 Å². The van der Waals surface area contributed by atoms with E-state index in [-0.39, 0.29) is 18.2 Å². The van der Waals surface area contributed by atoms with Gasteiger partial charge < -0.3 is 20.5 Å². The van der Waals surface area contributed by atoms with E-state index in [1.165, 1.54) is 0 Å². The summed E-state index contributed by atoms with van der Waals surface area (Å²) >= 11 is 0. The molecule has 0 unspecified atom stereocenters. The minimum Gasteiger partial charge on any atom is -0.478 e. The van der Waals surface area contributed by atoms with Gasteiger partial charge in [-0.15, -0.1) is 0 Å². The number of carbonyl (C=O) groups excluding carboxylic acids is 1. The molecule has 0 spiro atoms. The zero-order valence-corrected chi connectivity index (χ0v) is 12.3. The Morgan fingerprint density at radius 2 is 2.19 bits per heavy atom. The number of aliphatic hydroxyl groups is 1. The molecule has 0 bridgehead atoms. The Kier molecular flexibility index (Phi) is 5.80. The molecule has 2 amide bonds. The van der Waals surface area contributed by atoms with Crippen LogP contribution in [0.4, 0.5) is 4.79 Å². The Labute approximate surface area is 124 Å². The monoisotopic (exact) mass is 293 g/mol. The van der Waals surface area contributed by atoms with Crippen LogP contribution in [-0.2, 0) is 6.54 Å². The van der Waals surface area contributed by atoms with Crippen molar-refractivity contribution in [3.05, 3.63) is 23.9 Å². The molecule has 2 rings (SSSR count). The van der Waals surface area contributed by atoms with Gasteiger partial charge in [0.25, 0.3) is 0 Å². The normalized spacial score (nSPS) is 21.6. The standard InChI is InChI=1S/C15H23N3O3/c1-2-21-14-9-11(7-8-16-14)10-17-15(20)18-12-3-5-13(19)6-4-12/h7-9,12-13,19H,2-6,10H2,1H3,(H2,17,18,20). The molecule has 6 nitrogen and oxygen atoms in total. The van der Waals surface area contributed by atoms with Gasteiger partial charge in [0.05, 0.1) is 12.7 Å². The third-order valence-electron chi connectivity index (χ3n) is 3.58. The van der Waals surface area contributed by atoms with Gasteiger partial charge in [-0.2, -0.15) is 0 Å². The summed E-state index contributed by atoms with van der Waals surface area (Å²) in [6.45, 7) is 2.91. The molecule has 0 atom stereocenters. The lowest BCUT2D eigenvalue weighted by molar-refractivity contribution is 0.117. The van der Waals surface area contributed by atoms with Crippen LogP contribution in [0.25, 0.3) is 0 Å². The van der Waals surface area contributed by atoms with E-state index in [4.69, 9.17) is 4.74 Å². The summed E-state index contributed by atoms with van der Waals surface area (Å²) in [6.07, 6.45) is 4.64. The highest BCUT2D eigenvalue weighted by Crippen LogP contribution is 2.18. The first-order valence-electron chi connectivity index (χ1n) is 7.47. The summed E-state index contributed by atoms with van der Waals surface area (Å²) in [5.41, 5.74) is 0.947. The quantitative estimate of drug-likeness (QED) is 0.769. The third kappa shape index (κ3) is 5.23. The third-order valence-corrected chi connectivity index (χ3v) is 3.58. The molecule has 0 aromatic carbocycles. The fourth-order valence-corrected chi connectivity index (χ4v) is 2.43. The molecule has 1 fully saturated rings. The second kappa shape index (κ2) is 7.83. The molecule has 1 aromatic rings. The minimum atomic E-state index is -0.208. The number of urea groups is 1. The summed E-state index contributed by atoms with van der Waals surface area (Å²) in [6, 6.07) is 3.65. The van der Waals surface area contributed by atoms with Crippen LogP contribution in [0.3, 0.4) is 0 Å². The van der Waals surface area contributed by atoms with Gasteiger partial charge in [-0.3, -0.25) is 0 Å². The largest absolute Gasteiger partial charge is 0.478 e. The molecule has 1 aliphatic carbocycles. The van der Waals surface area contributed by atoms with Crippen molar-refractivity contribution < 1.29 is 14.6 Å². The maximum absolute atomic E-state index is 11.8. The van der Waals surface area contributed by atoms with E-state index >= 15 is 0 Å². The number of aliphatic hydroxyl groups excluding tert-OH is 1. The van der Waals surface area contributed by atoms with Gasteiger partial charge in [0.1, 0.15) is 0 Å². The molecule has 0 radical (unpaired) electrons. The van der Waals surface area contributed by atoms with Gasteiger partial charge in [0.15, 0.2) is 0 Å². The SMILES string of the molecule is CCOc1cc(CNC(=O)NC2CCC(O)CC2)ccn1. The van der Waals surface area contributed by atoms with Crippen molar-refractivity contribution >= 4 is 6.03 Å². The van der Waals surface area contributed by atoms with Crippen molar-refractivity contribution in [1.29, 1.82) is 0 Å². The second-order valence-corrected chi connectivity index (χ2v) is 5.27. The molecule has 6 heteroatoms. The van der Waals surface area contributed by atoms with E-state index in [1.807, 2.05) is 19.1 Å². The van der Waals surface area contributed by atoms with Crippen LogP contribution >= 0.6 is 0 Å². The zero-order chi connectivity index (χ0) is 15.1. The van der Waals surface area contributed by atoms with Crippen LogP contribution in [0.2, 0.25) is 0 Å². The van der Waals surface area contributed by atoms with Crippen molar-refractivity contribution in [2.24, 2.45) is 0 Å². The Balaban J connectivity index is 1.74. The fourth-order valence-electron chi connectivity index (χ4n) is 2.43. The lowest BCUT2D eigenvalue weighted by Crippen LogP contribution is -2.43. The molecule has 116 valence electrons. The lowest BCUT2D eigenvalue weighted by Gasteiger charge is -2.26. The number of pyridine rings is 1. The molecular formula is C15H23N3O3. The Hall–Kier alpha value is -1.82. The molecule has 0 aliphatic heterocycles. The van der Waals surface area contributed by atoms with Crippen LogP contribution in [-0.4, -0.2) is 34.9 Å².